The molecule has 2 nitrogen and oxygen atoms in total. The van der Waals surface area contributed by atoms with E-state index in [0.717, 1.165) is 22.5 Å². The maximum atomic E-state index is 13.2. The summed E-state index contributed by atoms with van der Waals surface area (Å²) in [5.41, 5.74) is 4.37. The molecule has 0 unspecified atom stereocenters. The van der Waals surface area contributed by atoms with Crippen LogP contribution in [0.15, 0.2) is 72.8 Å². The largest absolute Gasteiger partial charge is 0.276 e. The molecule has 0 spiro atoms. The quantitative estimate of drug-likeness (QED) is 0.551. The van der Waals surface area contributed by atoms with Crippen molar-refractivity contribution < 1.29 is 4.79 Å². The molecule has 116 valence electrons. The standard InChI is InChI=1S/C21H14ClNO/c22-18-13-11-17(12-14-18)21(24)23-19-7-3-1-5-15(19)9-10-16-6-2-4-8-20(16)23/h1-14H. The van der Waals surface area contributed by atoms with Gasteiger partial charge in [-0.25, -0.2) is 0 Å². The third kappa shape index (κ3) is 2.51. The topological polar surface area (TPSA) is 20.3 Å². The Hall–Kier alpha value is -2.84. The van der Waals surface area contributed by atoms with Gasteiger partial charge in [-0.15, -0.1) is 0 Å². The molecule has 0 atom stereocenters. The van der Waals surface area contributed by atoms with Crippen LogP contribution in [0.3, 0.4) is 0 Å². The minimum atomic E-state index is -0.0738. The van der Waals surface area contributed by atoms with Crippen molar-refractivity contribution in [3.05, 3.63) is 94.5 Å². The molecule has 0 N–H and O–H groups in total. The molecular formula is C21H14ClNO. The van der Waals surface area contributed by atoms with Crippen LogP contribution in [-0.2, 0) is 0 Å². The molecule has 1 aliphatic heterocycles. The fourth-order valence-electron chi connectivity index (χ4n) is 2.91. The molecule has 0 bridgehead atoms. The van der Waals surface area contributed by atoms with Crippen LogP contribution in [-0.4, -0.2) is 5.91 Å². The Balaban J connectivity index is 1.91. The van der Waals surface area contributed by atoms with E-state index < -0.39 is 0 Å². The van der Waals surface area contributed by atoms with Crippen molar-refractivity contribution in [3.63, 3.8) is 0 Å². The number of fused-ring (bicyclic) bond motifs is 2. The first kappa shape index (κ1) is 14.7. The summed E-state index contributed by atoms with van der Waals surface area (Å²) < 4.78 is 0. The fourth-order valence-corrected chi connectivity index (χ4v) is 3.04. The average Bonchev–Trinajstić information content (AvgIpc) is 2.79. The number of nitrogens with zero attached hydrogens (tertiary/aromatic N) is 1. The summed E-state index contributed by atoms with van der Waals surface area (Å²) in [6, 6.07) is 22.8. The van der Waals surface area contributed by atoms with E-state index in [1.165, 1.54) is 0 Å². The Labute approximate surface area is 145 Å². The van der Waals surface area contributed by atoms with E-state index >= 15 is 0 Å². The molecule has 0 saturated carbocycles. The van der Waals surface area contributed by atoms with Gasteiger partial charge in [0.25, 0.3) is 5.91 Å². The van der Waals surface area contributed by atoms with E-state index in [4.69, 9.17) is 11.6 Å². The number of rotatable bonds is 1. The molecule has 4 rings (SSSR count). The van der Waals surface area contributed by atoms with Crippen molar-refractivity contribution in [2.45, 2.75) is 0 Å². The van der Waals surface area contributed by atoms with Crippen LogP contribution >= 0.6 is 11.6 Å². The highest BCUT2D eigenvalue weighted by molar-refractivity contribution is 6.30. The number of hydrogen-bond acceptors (Lipinski definition) is 1. The lowest BCUT2D eigenvalue weighted by Crippen LogP contribution is -2.26. The Morgan fingerprint density at radius 3 is 1.75 bits per heavy atom. The molecule has 3 aromatic carbocycles. The molecule has 3 aromatic rings. The van der Waals surface area contributed by atoms with E-state index in [1.54, 1.807) is 29.2 Å². The number of carbonyl (C=O) groups excluding carboxylic acids is 1. The summed E-state index contributed by atoms with van der Waals surface area (Å²) in [6.07, 6.45) is 4.09. The maximum Gasteiger partial charge on any atom is 0.262 e. The lowest BCUT2D eigenvalue weighted by Gasteiger charge is -2.25. The molecule has 0 radical (unpaired) electrons. The summed E-state index contributed by atoms with van der Waals surface area (Å²) in [7, 11) is 0. The number of halogens is 1. The van der Waals surface area contributed by atoms with E-state index in [1.807, 2.05) is 60.7 Å². The second-order valence-corrected chi connectivity index (χ2v) is 6.03. The predicted molar refractivity (Wildman–Crippen MR) is 99.7 cm³/mol. The zero-order chi connectivity index (χ0) is 16.5. The molecule has 0 aliphatic carbocycles. The highest BCUT2D eigenvalue weighted by Gasteiger charge is 2.24. The van der Waals surface area contributed by atoms with Gasteiger partial charge in [0.15, 0.2) is 0 Å². The van der Waals surface area contributed by atoms with Crippen molar-refractivity contribution in [1.29, 1.82) is 0 Å². The number of benzene rings is 3. The first-order valence-corrected chi connectivity index (χ1v) is 8.08. The predicted octanol–water partition coefficient (Wildman–Crippen LogP) is 5.80. The third-order valence-electron chi connectivity index (χ3n) is 4.09. The first-order chi connectivity index (χ1) is 11.7. The van der Waals surface area contributed by atoms with Crippen LogP contribution in [0.5, 0.6) is 0 Å². The monoisotopic (exact) mass is 331 g/mol. The normalized spacial score (nSPS) is 12.3. The van der Waals surface area contributed by atoms with Gasteiger partial charge >= 0.3 is 0 Å². The van der Waals surface area contributed by atoms with Gasteiger partial charge in [0.2, 0.25) is 0 Å². The Bertz CT molecular complexity index is 895. The van der Waals surface area contributed by atoms with Gasteiger partial charge in [0, 0.05) is 10.6 Å². The second kappa shape index (κ2) is 5.99. The number of hydrogen-bond donors (Lipinski definition) is 0. The summed E-state index contributed by atoms with van der Waals surface area (Å²) in [6.45, 7) is 0. The van der Waals surface area contributed by atoms with Gasteiger partial charge in [0.1, 0.15) is 0 Å². The lowest BCUT2D eigenvalue weighted by atomic mass is 10.1. The van der Waals surface area contributed by atoms with Crippen LogP contribution in [0.1, 0.15) is 21.5 Å². The zero-order valence-electron chi connectivity index (χ0n) is 12.8. The number of para-hydroxylation sites is 2. The molecule has 24 heavy (non-hydrogen) atoms. The highest BCUT2D eigenvalue weighted by atomic mass is 35.5. The van der Waals surface area contributed by atoms with E-state index in [-0.39, 0.29) is 5.91 Å². The van der Waals surface area contributed by atoms with Gasteiger partial charge in [0.05, 0.1) is 11.4 Å². The smallest absolute Gasteiger partial charge is 0.262 e. The number of carbonyl (C=O) groups is 1. The van der Waals surface area contributed by atoms with Gasteiger partial charge in [-0.05, 0) is 47.5 Å². The molecule has 1 amide bonds. The Morgan fingerprint density at radius 1 is 0.708 bits per heavy atom. The van der Waals surface area contributed by atoms with Crippen LogP contribution in [0.2, 0.25) is 5.02 Å². The van der Waals surface area contributed by atoms with Crippen molar-refractivity contribution in [1.82, 2.24) is 0 Å². The number of amides is 1. The zero-order valence-corrected chi connectivity index (χ0v) is 13.6. The summed E-state index contributed by atoms with van der Waals surface area (Å²) in [5.74, 6) is -0.0738. The van der Waals surface area contributed by atoms with Gasteiger partial charge in [-0.3, -0.25) is 9.69 Å². The van der Waals surface area contributed by atoms with Crippen molar-refractivity contribution >= 4 is 41.0 Å². The minimum Gasteiger partial charge on any atom is -0.276 e. The highest BCUT2D eigenvalue weighted by Crippen LogP contribution is 2.37. The van der Waals surface area contributed by atoms with Crippen molar-refractivity contribution in [2.24, 2.45) is 0 Å². The molecule has 1 heterocycles. The van der Waals surface area contributed by atoms with Gasteiger partial charge in [-0.1, -0.05) is 60.2 Å². The van der Waals surface area contributed by atoms with Crippen molar-refractivity contribution in [2.75, 3.05) is 4.90 Å². The van der Waals surface area contributed by atoms with E-state index in [9.17, 15) is 4.79 Å². The third-order valence-corrected chi connectivity index (χ3v) is 4.34. The Kier molecular flexibility index (Phi) is 3.68. The van der Waals surface area contributed by atoms with Crippen LogP contribution in [0.4, 0.5) is 11.4 Å². The lowest BCUT2D eigenvalue weighted by molar-refractivity contribution is 0.0999. The SMILES string of the molecule is O=C(c1ccc(Cl)cc1)N1c2ccccc2C=Cc2ccccc21. The summed E-state index contributed by atoms with van der Waals surface area (Å²) in [5, 5.41) is 0.616. The molecule has 1 aliphatic rings. The molecule has 0 fully saturated rings. The first-order valence-electron chi connectivity index (χ1n) is 7.70. The Morgan fingerprint density at radius 2 is 1.21 bits per heavy atom. The van der Waals surface area contributed by atoms with Gasteiger partial charge in [-0.2, -0.15) is 0 Å². The van der Waals surface area contributed by atoms with Crippen LogP contribution in [0.25, 0.3) is 12.2 Å². The molecule has 0 aromatic heterocycles. The minimum absolute atomic E-state index is 0.0738. The second-order valence-electron chi connectivity index (χ2n) is 5.60. The van der Waals surface area contributed by atoms with Crippen LogP contribution in [0, 0.1) is 0 Å². The maximum absolute atomic E-state index is 13.2. The average molecular weight is 332 g/mol. The fraction of sp³-hybridized carbons (Fsp3) is 0. The van der Waals surface area contributed by atoms with Crippen molar-refractivity contribution in [3.8, 4) is 0 Å². The number of anilines is 2. The van der Waals surface area contributed by atoms with Crippen LogP contribution < -0.4 is 4.90 Å². The summed E-state index contributed by atoms with van der Waals surface area (Å²) >= 11 is 5.96. The molecule has 0 saturated heterocycles. The van der Waals surface area contributed by atoms with E-state index in [2.05, 4.69) is 0 Å². The van der Waals surface area contributed by atoms with Gasteiger partial charge < -0.3 is 0 Å². The molecular weight excluding hydrogens is 318 g/mol. The van der Waals surface area contributed by atoms with E-state index in [0.29, 0.717) is 10.6 Å². The summed E-state index contributed by atoms with van der Waals surface area (Å²) in [4.78, 5) is 15.0. The molecule has 3 heteroatoms.